The molecule has 5 N–H and O–H groups in total. The molecule has 0 saturated carbocycles. The van der Waals surface area contributed by atoms with Crippen LogP contribution in [0, 0.1) is 12.7 Å². The Kier molecular flexibility index (Phi) is 4.54. The highest BCUT2D eigenvalue weighted by Gasteiger charge is 2.22. The number of fused-ring (bicyclic) bond motifs is 3. The van der Waals surface area contributed by atoms with E-state index in [9.17, 15) is 4.39 Å². The number of hydrogen-bond donors (Lipinski definition) is 4. The second-order valence-corrected chi connectivity index (χ2v) is 7.46. The molecule has 5 rings (SSSR count). The number of anilines is 4. The van der Waals surface area contributed by atoms with Crippen molar-refractivity contribution in [2.45, 2.75) is 13.3 Å². The van der Waals surface area contributed by atoms with Crippen molar-refractivity contribution in [3.63, 3.8) is 0 Å². The molecule has 158 valence electrons. The largest absolute Gasteiger partial charge is 0.402 e. The average molecular weight is 419 g/mol. The number of H-pyrrole nitrogens is 1. The van der Waals surface area contributed by atoms with E-state index in [0.29, 0.717) is 47.7 Å². The van der Waals surface area contributed by atoms with Gasteiger partial charge in [-0.05, 0) is 25.1 Å². The van der Waals surface area contributed by atoms with Crippen LogP contribution in [0.3, 0.4) is 0 Å². The molecule has 0 spiro atoms. The third kappa shape index (κ3) is 3.45. The van der Waals surface area contributed by atoms with Crippen LogP contribution in [-0.4, -0.2) is 45.1 Å². The fourth-order valence-electron chi connectivity index (χ4n) is 3.79. The van der Waals surface area contributed by atoms with Gasteiger partial charge in [-0.3, -0.25) is 0 Å². The SMILES string of the molecule is CNc1cc(F)cc2c1[nH]c1nc(Nc3cnc(C)nc3)nc(N3CC=C(N)CC3)c12. The molecule has 0 aliphatic carbocycles. The number of aryl methyl sites for hydroxylation is 1. The van der Waals surface area contributed by atoms with Gasteiger partial charge >= 0.3 is 0 Å². The van der Waals surface area contributed by atoms with Gasteiger partial charge in [-0.1, -0.05) is 0 Å². The Morgan fingerprint density at radius 2 is 2.00 bits per heavy atom. The maximum Gasteiger partial charge on any atom is 0.231 e. The highest BCUT2D eigenvalue weighted by atomic mass is 19.1. The monoisotopic (exact) mass is 419 g/mol. The summed E-state index contributed by atoms with van der Waals surface area (Å²) in [5.74, 6) is 1.46. The number of halogens is 1. The van der Waals surface area contributed by atoms with Crippen molar-refractivity contribution < 1.29 is 4.39 Å². The summed E-state index contributed by atoms with van der Waals surface area (Å²) in [6.45, 7) is 3.15. The number of nitrogens with one attached hydrogen (secondary N) is 3. The molecule has 0 amide bonds. The van der Waals surface area contributed by atoms with Gasteiger partial charge in [0, 0.05) is 37.6 Å². The zero-order valence-corrected chi connectivity index (χ0v) is 17.2. The van der Waals surface area contributed by atoms with Gasteiger partial charge in [0.15, 0.2) is 0 Å². The second kappa shape index (κ2) is 7.38. The van der Waals surface area contributed by atoms with E-state index in [2.05, 4.69) is 35.5 Å². The lowest BCUT2D eigenvalue weighted by Gasteiger charge is -2.27. The summed E-state index contributed by atoms with van der Waals surface area (Å²) in [6.07, 6.45) is 6.07. The molecule has 0 fully saturated rings. The van der Waals surface area contributed by atoms with Crippen LogP contribution in [0.1, 0.15) is 12.2 Å². The Morgan fingerprint density at radius 3 is 2.71 bits per heavy atom. The van der Waals surface area contributed by atoms with Crippen molar-refractivity contribution >= 4 is 45.1 Å². The second-order valence-electron chi connectivity index (χ2n) is 7.46. The van der Waals surface area contributed by atoms with Crippen molar-refractivity contribution in [1.29, 1.82) is 0 Å². The number of hydrogen-bond acceptors (Lipinski definition) is 8. The van der Waals surface area contributed by atoms with Gasteiger partial charge in [0.2, 0.25) is 5.95 Å². The summed E-state index contributed by atoms with van der Waals surface area (Å²) in [4.78, 5) is 23.3. The molecule has 0 saturated heterocycles. The Bertz CT molecular complexity index is 1310. The normalized spacial score (nSPS) is 14.2. The zero-order chi connectivity index (χ0) is 21.5. The highest BCUT2D eigenvalue weighted by Crippen LogP contribution is 2.37. The minimum absolute atomic E-state index is 0.328. The van der Waals surface area contributed by atoms with Crippen molar-refractivity contribution in [2.24, 2.45) is 5.73 Å². The van der Waals surface area contributed by atoms with Crippen molar-refractivity contribution in [1.82, 2.24) is 24.9 Å². The van der Waals surface area contributed by atoms with Gasteiger partial charge in [-0.15, -0.1) is 0 Å². The van der Waals surface area contributed by atoms with Gasteiger partial charge in [-0.25, -0.2) is 14.4 Å². The van der Waals surface area contributed by atoms with E-state index >= 15 is 0 Å². The topological polar surface area (TPSA) is 121 Å². The Labute approximate surface area is 177 Å². The number of aromatic nitrogens is 5. The molecule has 1 aliphatic heterocycles. The summed E-state index contributed by atoms with van der Waals surface area (Å²) in [5.41, 5.74) is 9.55. The third-order valence-corrected chi connectivity index (χ3v) is 5.36. The van der Waals surface area contributed by atoms with Crippen LogP contribution in [0.2, 0.25) is 0 Å². The standard InChI is InChI=1S/C21H22FN9/c1-11-25-9-14(10-26-11)27-21-29-19-17(20(30-21)31-5-3-13(23)4-6-31)15-7-12(22)8-16(24-2)18(15)28-19/h3,7-10,24H,4-6,23H2,1-2H3,(H2,27,28,29,30). The molecule has 3 aromatic heterocycles. The first kappa shape index (κ1) is 19.0. The van der Waals surface area contributed by atoms with Crippen LogP contribution in [0.5, 0.6) is 0 Å². The van der Waals surface area contributed by atoms with Crippen molar-refractivity contribution in [2.75, 3.05) is 35.7 Å². The van der Waals surface area contributed by atoms with Gasteiger partial charge in [0.1, 0.15) is 23.1 Å². The molecule has 0 bridgehead atoms. The fourth-order valence-corrected chi connectivity index (χ4v) is 3.79. The van der Waals surface area contributed by atoms with Crippen LogP contribution in [0.15, 0.2) is 36.3 Å². The van der Waals surface area contributed by atoms with Crippen molar-refractivity contribution in [3.05, 3.63) is 47.9 Å². The van der Waals surface area contributed by atoms with E-state index in [4.69, 9.17) is 10.7 Å². The Balaban J connectivity index is 1.71. The van der Waals surface area contributed by atoms with E-state index in [-0.39, 0.29) is 5.82 Å². The minimum atomic E-state index is -0.328. The van der Waals surface area contributed by atoms with Crippen LogP contribution >= 0.6 is 0 Å². The maximum absolute atomic E-state index is 14.4. The first-order valence-corrected chi connectivity index (χ1v) is 9.97. The minimum Gasteiger partial charge on any atom is -0.402 e. The summed E-state index contributed by atoms with van der Waals surface area (Å²) in [7, 11) is 1.76. The molecule has 31 heavy (non-hydrogen) atoms. The van der Waals surface area contributed by atoms with Crippen LogP contribution < -0.4 is 21.3 Å². The van der Waals surface area contributed by atoms with E-state index in [1.54, 1.807) is 19.4 Å². The number of aromatic amines is 1. The molecular formula is C21H22FN9. The molecule has 0 atom stereocenters. The van der Waals surface area contributed by atoms with E-state index in [1.165, 1.54) is 12.1 Å². The van der Waals surface area contributed by atoms with Crippen LogP contribution in [0.4, 0.5) is 27.5 Å². The molecular weight excluding hydrogens is 397 g/mol. The number of rotatable bonds is 4. The first-order chi connectivity index (χ1) is 15.0. The highest BCUT2D eigenvalue weighted by molar-refractivity contribution is 6.14. The summed E-state index contributed by atoms with van der Waals surface area (Å²) in [5, 5.41) is 7.71. The lowest BCUT2D eigenvalue weighted by atomic mass is 10.1. The van der Waals surface area contributed by atoms with Crippen molar-refractivity contribution in [3.8, 4) is 0 Å². The fraction of sp³-hybridized carbons (Fsp3) is 0.238. The number of benzene rings is 1. The molecule has 0 radical (unpaired) electrons. The molecule has 4 heterocycles. The predicted molar refractivity (Wildman–Crippen MR) is 120 cm³/mol. The van der Waals surface area contributed by atoms with Crippen LogP contribution in [-0.2, 0) is 0 Å². The van der Waals surface area contributed by atoms with Gasteiger partial charge in [0.05, 0.1) is 34.7 Å². The molecule has 0 unspecified atom stereocenters. The van der Waals surface area contributed by atoms with Gasteiger partial charge in [-0.2, -0.15) is 9.97 Å². The Hall–Kier alpha value is -3.95. The number of nitrogens with zero attached hydrogens (tertiary/aromatic N) is 5. The van der Waals surface area contributed by atoms with E-state index in [0.717, 1.165) is 28.4 Å². The molecule has 4 aromatic rings. The third-order valence-electron chi connectivity index (χ3n) is 5.36. The van der Waals surface area contributed by atoms with E-state index < -0.39 is 0 Å². The quantitative estimate of drug-likeness (QED) is 0.398. The van der Waals surface area contributed by atoms with Gasteiger partial charge in [0.25, 0.3) is 0 Å². The summed E-state index contributed by atoms with van der Waals surface area (Å²) < 4.78 is 14.4. The lowest BCUT2D eigenvalue weighted by Crippen LogP contribution is -2.31. The predicted octanol–water partition coefficient (Wildman–Crippen LogP) is 3.19. The van der Waals surface area contributed by atoms with Crippen LogP contribution in [0.25, 0.3) is 21.9 Å². The zero-order valence-electron chi connectivity index (χ0n) is 17.2. The molecule has 10 heteroatoms. The van der Waals surface area contributed by atoms with Gasteiger partial charge < -0.3 is 26.3 Å². The molecule has 1 aromatic carbocycles. The molecule has 9 nitrogen and oxygen atoms in total. The first-order valence-electron chi connectivity index (χ1n) is 9.97. The molecule has 1 aliphatic rings. The summed E-state index contributed by atoms with van der Waals surface area (Å²) >= 11 is 0. The smallest absolute Gasteiger partial charge is 0.231 e. The number of nitrogens with two attached hydrogens (primary N) is 1. The summed E-state index contributed by atoms with van der Waals surface area (Å²) in [6, 6.07) is 2.97. The maximum atomic E-state index is 14.4. The Morgan fingerprint density at radius 1 is 1.19 bits per heavy atom. The lowest BCUT2D eigenvalue weighted by molar-refractivity contribution is 0.630. The average Bonchev–Trinajstić information content (AvgIpc) is 3.13. The van der Waals surface area contributed by atoms with E-state index in [1.807, 2.05) is 13.0 Å².